The van der Waals surface area contributed by atoms with Crippen molar-refractivity contribution in [1.29, 1.82) is 0 Å². The van der Waals surface area contributed by atoms with E-state index in [1.54, 1.807) is 0 Å². The number of fused-ring (bicyclic) bond motifs is 6. The Morgan fingerprint density at radius 1 is 0.264 bits per heavy atom. The average Bonchev–Trinajstić information content (AvgIpc) is 1.53. The maximum Gasteiger partial charge on any atom is 0.488 e. The van der Waals surface area contributed by atoms with E-state index in [2.05, 4.69) is 348 Å². The summed E-state index contributed by atoms with van der Waals surface area (Å²) in [6.07, 6.45) is 0. The summed E-state index contributed by atoms with van der Waals surface area (Å²) >= 11 is 3.67. The second-order valence-corrected chi connectivity index (χ2v) is 33.3. The standard InChI is InChI=1S/C50H45N.C32H32BrN.C18H15BO2/c1-48(2,3)40-25-27-42-43-28-26-41(49(4,5)6)33-45(43)50(44(42)32-40,39-21-14-9-15-22-39)47-24-16-23-46(51-47)38-30-36(34-17-10-7-11-18-34)29-37(31-38)35-19-12-8-13-20-35;1-30(2,3)22-15-17-24-25-18-16-23(31(4,5)6)20-27(25)32(26(24)19-22,21-11-8-7-9-12-21)28-13-10-14-29(33)34-28;20-19(21)18-12-16(14-7-3-1-4-8-14)11-17(13-18)15-9-5-2-6-10-15/h7-33H,1-6H3;7-20H,1-6H3;1-13,20-21H. The molecule has 0 radical (unpaired) electrons. The highest BCUT2D eigenvalue weighted by Crippen LogP contribution is 2.59. The van der Waals surface area contributed by atoms with Crippen molar-refractivity contribution >= 4 is 28.5 Å². The van der Waals surface area contributed by atoms with Crippen LogP contribution in [0, 0.1) is 0 Å². The lowest BCUT2D eigenvalue weighted by Crippen LogP contribution is -2.31. The quantitative estimate of drug-likeness (QED) is 0.106. The molecule has 0 fully saturated rings. The summed E-state index contributed by atoms with van der Waals surface area (Å²) in [7, 11) is -1.48. The van der Waals surface area contributed by atoms with Gasteiger partial charge in [-0.2, -0.15) is 0 Å². The van der Waals surface area contributed by atoms with Crippen molar-refractivity contribution in [1.82, 2.24) is 9.97 Å². The molecule has 2 aromatic heterocycles. The highest BCUT2D eigenvalue weighted by Gasteiger charge is 2.50. The van der Waals surface area contributed by atoms with Crippen LogP contribution in [-0.4, -0.2) is 27.1 Å². The number of benzene rings is 12. The van der Waals surface area contributed by atoms with Crippen LogP contribution in [0.1, 0.15) is 150 Å². The predicted octanol–water partition coefficient (Wildman–Crippen LogP) is 24.5. The van der Waals surface area contributed by atoms with Crippen LogP contribution in [0.15, 0.2) is 332 Å². The molecule has 0 atom stereocenters. The maximum absolute atomic E-state index is 9.52. The zero-order valence-electron chi connectivity index (χ0n) is 62.9. The van der Waals surface area contributed by atoms with Gasteiger partial charge in [0.05, 0.1) is 27.9 Å². The highest BCUT2D eigenvalue weighted by molar-refractivity contribution is 9.10. The molecule has 16 rings (SSSR count). The van der Waals surface area contributed by atoms with E-state index >= 15 is 0 Å². The third kappa shape index (κ3) is 14.2. The van der Waals surface area contributed by atoms with Crippen molar-refractivity contribution in [3.63, 3.8) is 0 Å². The first kappa shape index (κ1) is 72.4. The molecule has 6 heteroatoms. The van der Waals surface area contributed by atoms with E-state index in [0.29, 0.717) is 5.46 Å². The molecule has 0 saturated carbocycles. The highest BCUT2D eigenvalue weighted by atomic mass is 79.9. The Hall–Kier alpha value is -10.6. The second kappa shape index (κ2) is 29.0. The molecule has 4 nitrogen and oxygen atoms in total. The van der Waals surface area contributed by atoms with E-state index in [-0.39, 0.29) is 21.7 Å². The Labute approximate surface area is 637 Å². The Balaban J connectivity index is 0.000000147. The summed E-state index contributed by atoms with van der Waals surface area (Å²) in [6, 6.07) is 117. The van der Waals surface area contributed by atoms with Gasteiger partial charge in [-0.15, -0.1) is 0 Å². The smallest absolute Gasteiger partial charge is 0.423 e. The number of pyridine rings is 2. The number of nitrogens with zero attached hydrogens (tertiary/aromatic N) is 2. The Bertz CT molecular complexity index is 5230. The lowest BCUT2D eigenvalue weighted by Gasteiger charge is -2.34. The van der Waals surface area contributed by atoms with Gasteiger partial charge >= 0.3 is 7.12 Å². The van der Waals surface area contributed by atoms with Crippen molar-refractivity contribution in [2.24, 2.45) is 0 Å². The number of hydrogen-bond acceptors (Lipinski definition) is 4. The van der Waals surface area contributed by atoms with E-state index in [0.717, 1.165) is 49.5 Å². The zero-order chi connectivity index (χ0) is 74.3. The fourth-order valence-electron chi connectivity index (χ4n) is 15.5. The number of aromatic nitrogens is 2. The molecule has 2 aliphatic carbocycles. The van der Waals surface area contributed by atoms with Crippen LogP contribution in [-0.2, 0) is 32.5 Å². The topological polar surface area (TPSA) is 66.2 Å². The molecule has 106 heavy (non-hydrogen) atoms. The van der Waals surface area contributed by atoms with Crippen molar-refractivity contribution in [3.05, 3.63) is 399 Å². The van der Waals surface area contributed by atoms with E-state index < -0.39 is 17.9 Å². The van der Waals surface area contributed by atoms with Gasteiger partial charge in [-0.25, -0.2) is 4.98 Å². The fraction of sp³-hybridized carbons (Fsp3) is 0.180. The minimum Gasteiger partial charge on any atom is -0.423 e. The van der Waals surface area contributed by atoms with Gasteiger partial charge in [0.2, 0.25) is 0 Å². The minimum atomic E-state index is -1.48. The predicted molar refractivity (Wildman–Crippen MR) is 449 cm³/mol. The number of hydrogen-bond donors (Lipinski definition) is 2. The summed E-state index contributed by atoms with van der Waals surface area (Å²) in [6.45, 7) is 27.6. The molecule has 2 aliphatic rings. The normalized spacial score (nSPS) is 13.2. The lowest BCUT2D eigenvalue weighted by atomic mass is 9.68. The number of rotatable bonds is 10. The Morgan fingerprint density at radius 2 is 0.538 bits per heavy atom. The van der Waals surface area contributed by atoms with Crippen molar-refractivity contribution < 1.29 is 10.0 Å². The van der Waals surface area contributed by atoms with E-state index in [1.807, 2.05) is 78.9 Å². The van der Waals surface area contributed by atoms with Crippen LogP contribution in [0.4, 0.5) is 0 Å². The van der Waals surface area contributed by atoms with Crippen molar-refractivity contribution in [3.8, 4) is 78.0 Å². The molecule has 0 saturated heterocycles. The maximum atomic E-state index is 9.52. The largest absolute Gasteiger partial charge is 0.488 e. The molecule has 2 N–H and O–H groups in total. The third-order valence-electron chi connectivity index (χ3n) is 21.3. The van der Waals surface area contributed by atoms with E-state index in [9.17, 15) is 10.0 Å². The van der Waals surface area contributed by atoms with Gasteiger partial charge in [0.25, 0.3) is 0 Å². The van der Waals surface area contributed by atoms with Crippen molar-refractivity contribution in [2.45, 2.75) is 116 Å². The molecule has 0 aliphatic heterocycles. The first-order chi connectivity index (χ1) is 50.8. The van der Waals surface area contributed by atoms with Gasteiger partial charge in [0.1, 0.15) is 4.60 Å². The zero-order valence-corrected chi connectivity index (χ0v) is 64.5. The summed E-state index contributed by atoms with van der Waals surface area (Å²) in [5.74, 6) is 0. The summed E-state index contributed by atoms with van der Waals surface area (Å²) in [4.78, 5) is 10.8. The minimum absolute atomic E-state index is 0.0101. The van der Waals surface area contributed by atoms with Crippen LogP contribution >= 0.6 is 15.9 Å². The molecule has 2 heterocycles. The molecule has 0 spiro atoms. The van der Waals surface area contributed by atoms with Gasteiger partial charge in [-0.1, -0.05) is 362 Å². The molecular formula is C100H92BBrN2O2. The van der Waals surface area contributed by atoms with Crippen LogP contribution in [0.5, 0.6) is 0 Å². The van der Waals surface area contributed by atoms with Gasteiger partial charge < -0.3 is 10.0 Å². The van der Waals surface area contributed by atoms with Crippen LogP contribution in [0.25, 0.3) is 78.0 Å². The molecule has 0 amide bonds. The summed E-state index contributed by atoms with van der Waals surface area (Å²) in [5, 5.41) is 19.0. The van der Waals surface area contributed by atoms with Gasteiger partial charge in [-0.3, -0.25) is 4.98 Å². The molecule has 12 aromatic carbocycles. The SMILES string of the molecule is CC(C)(C)c1ccc2c(c1)C(c1ccccc1)(c1cccc(-c3cc(-c4ccccc4)cc(-c4ccccc4)c3)n1)c1cc(C(C)(C)C)ccc1-2.CC(C)(C)c1ccc2c(c1)C(c1ccccc1)(c1cccc(Br)n1)c1cc(C(C)(C)C)ccc1-2.OB(O)c1cc(-c2ccccc2)cc(-c2ccccc2)c1. The van der Waals surface area contributed by atoms with Crippen LogP contribution < -0.4 is 5.46 Å². The van der Waals surface area contributed by atoms with Crippen LogP contribution in [0.2, 0.25) is 0 Å². The van der Waals surface area contributed by atoms with Crippen LogP contribution in [0.3, 0.4) is 0 Å². The third-order valence-corrected chi connectivity index (χ3v) is 21.7. The molecule has 524 valence electrons. The molecule has 0 unspecified atom stereocenters. The monoisotopic (exact) mass is 1440 g/mol. The van der Waals surface area contributed by atoms with Gasteiger partial charge in [-0.05, 0) is 214 Å². The van der Waals surface area contributed by atoms with E-state index in [4.69, 9.17) is 9.97 Å². The fourth-order valence-corrected chi connectivity index (χ4v) is 15.9. The van der Waals surface area contributed by atoms with Gasteiger partial charge in [0, 0.05) is 5.56 Å². The molecule has 0 bridgehead atoms. The second-order valence-electron chi connectivity index (χ2n) is 32.5. The first-order valence-corrected chi connectivity index (χ1v) is 37.8. The Morgan fingerprint density at radius 3 is 0.830 bits per heavy atom. The van der Waals surface area contributed by atoms with Gasteiger partial charge in [0.15, 0.2) is 0 Å². The first-order valence-electron chi connectivity index (χ1n) is 37.0. The molecular weight excluding hydrogens is 1350 g/mol. The van der Waals surface area contributed by atoms with Crippen molar-refractivity contribution in [2.75, 3.05) is 0 Å². The summed E-state index contributed by atoms with van der Waals surface area (Å²) in [5.41, 5.74) is 30.6. The average molecular weight is 1440 g/mol. The lowest BCUT2D eigenvalue weighted by molar-refractivity contribution is 0.426. The Kier molecular flexibility index (Phi) is 19.8. The van der Waals surface area contributed by atoms with E-state index in [1.165, 1.54) is 100 Å². The molecule has 14 aromatic rings. The number of halogens is 1. The summed E-state index contributed by atoms with van der Waals surface area (Å²) < 4.78 is 0.856.